The monoisotopic (exact) mass is 462 g/mol. The largest absolute Gasteiger partial charge is 0.294 e. The molecule has 0 spiro atoms. The van der Waals surface area contributed by atoms with Crippen molar-refractivity contribution in [2.24, 2.45) is 11.8 Å². The van der Waals surface area contributed by atoms with Crippen molar-refractivity contribution in [2.75, 3.05) is 0 Å². The van der Waals surface area contributed by atoms with E-state index >= 15 is 0 Å². The molecule has 0 unspecified atom stereocenters. The predicted octanol–water partition coefficient (Wildman–Crippen LogP) is 9.13. The van der Waals surface area contributed by atoms with Crippen molar-refractivity contribution < 1.29 is 9.59 Å². The van der Waals surface area contributed by atoms with Crippen LogP contribution in [0.25, 0.3) is 12.2 Å². The molecule has 2 nitrogen and oxygen atoms in total. The van der Waals surface area contributed by atoms with Gasteiger partial charge in [-0.3, -0.25) is 9.59 Å². The number of carbonyl (C=O) groups is 2. The third-order valence-corrected chi connectivity index (χ3v) is 7.83. The summed E-state index contributed by atoms with van der Waals surface area (Å²) in [6.45, 7) is 4.48. The van der Waals surface area contributed by atoms with Gasteiger partial charge in [0.2, 0.25) is 0 Å². The second-order valence-electron chi connectivity index (χ2n) is 10.6. The topological polar surface area (TPSA) is 34.1 Å². The maximum atomic E-state index is 12.8. The fraction of sp³-hybridized carbons (Fsp3) is 0.625. The molecule has 2 fully saturated rings. The Morgan fingerprint density at radius 1 is 0.618 bits per heavy atom. The van der Waals surface area contributed by atoms with E-state index in [0.29, 0.717) is 11.6 Å². The highest BCUT2D eigenvalue weighted by atomic mass is 16.1. The van der Waals surface area contributed by atoms with Crippen molar-refractivity contribution in [3.63, 3.8) is 0 Å². The number of hydrogen-bond acceptors (Lipinski definition) is 2. The number of ketones is 2. The molecular weight excluding hydrogens is 416 g/mol. The van der Waals surface area contributed by atoms with Gasteiger partial charge >= 0.3 is 0 Å². The number of benzene rings is 1. The number of hydrogen-bond donors (Lipinski definition) is 0. The van der Waals surface area contributed by atoms with Crippen LogP contribution < -0.4 is 0 Å². The molecular formula is C32H46O2. The molecule has 0 aliphatic heterocycles. The standard InChI is InChI=1S/C32H46O2/c1-3-5-7-9-11-13-27-19-21-29(31(27)33)23-25-15-17-26(18-16-25)24-30-22-20-28(32(30)34)14-12-10-8-6-4-2/h15-18,23-24,27-28H,3-14,19-22H2,1-2H3/b29-23+,30-24+/t27-,28-/m0/s1. The van der Waals surface area contributed by atoms with Gasteiger partial charge in [-0.2, -0.15) is 0 Å². The van der Waals surface area contributed by atoms with Crippen molar-refractivity contribution in [3.05, 3.63) is 46.5 Å². The molecule has 2 heteroatoms. The molecule has 2 aliphatic rings. The van der Waals surface area contributed by atoms with Gasteiger partial charge in [-0.1, -0.05) is 102 Å². The second kappa shape index (κ2) is 14.4. The third kappa shape index (κ3) is 8.07. The normalized spacial score (nSPS) is 23.0. The second-order valence-corrected chi connectivity index (χ2v) is 10.6. The summed E-state index contributed by atoms with van der Waals surface area (Å²) < 4.78 is 0. The van der Waals surface area contributed by atoms with Gasteiger partial charge in [0, 0.05) is 11.8 Å². The van der Waals surface area contributed by atoms with Crippen molar-refractivity contribution in [1.29, 1.82) is 0 Å². The molecule has 0 aromatic heterocycles. The molecule has 0 heterocycles. The first-order valence-electron chi connectivity index (χ1n) is 14.2. The SMILES string of the molecule is CCCCCCC[C@H]1CC/C(=C\c2ccc(/C=C3\CC[C@H](CCCCCCC)C3=O)cc2)C1=O. The highest BCUT2D eigenvalue weighted by molar-refractivity contribution is 6.03. The fourth-order valence-electron chi connectivity index (χ4n) is 5.61. The summed E-state index contributed by atoms with van der Waals surface area (Å²) in [6, 6.07) is 8.37. The summed E-state index contributed by atoms with van der Waals surface area (Å²) in [5, 5.41) is 0. The number of allylic oxidation sites excluding steroid dienone is 2. The molecule has 0 saturated heterocycles. The highest BCUT2D eigenvalue weighted by Gasteiger charge is 2.29. The fourth-order valence-corrected chi connectivity index (χ4v) is 5.61. The highest BCUT2D eigenvalue weighted by Crippen LogP contribution is 2.33. The molecule has 0 amide bonds. The van der Waals surface area contributed by atoms with Gasteiger partial charge in [0.25, 0.3) is 0 Å². The smallest absolute Gasteiger partial charge is 0.161 e. The summed E-state index contributed by atoms with van der Waals surface area (Å²) in [6.07, 6.45) is 22.8. The van der Waals surface area contributed by atoms with E-state index in [0.717, 1.165) is 60.8 Å². The van der Waals surface area contributed by atoms with E-state index < -0.39 is 0 Å². The van der Waals surface area contributed by atoms with Gasteiger partial charge in [-0.05, 0) is 73.0 Å². The Kier molecular flexibility index (Phi) is 11.3. The predicted molar refractivity (Wildman–Crippen MR) is 145 cm³/mol. The number of rotatable bonds is 14. The molecule has 2 aliphatic carbocycles. The first-order chi connectivity index (χ1) is 16.6. The molecule has 34 heavy (non-hydrogen) atoms. The molecule has 2 atom stereocenters. The average molecular weight is 463 g/mol. The van der Waals surface area contributed by atoms with E-state index in [1.807, 2.05) is 0 Å². The molecule has 0 radical (unpaired) electrons. The molecule has 3 rings (SSSR count). The van der Waals surface area contributed by atoms with Gasteiger partial charge in [0.15, 0.2) is 11.6 Å². The summed E-state index contributed by atoms with van der Waals surface area (Å²) in [4.78, 5) is 25.6. The van der Waals surface area contributed by atoms with E-state index in [1.165, 1.54) is 64.2 Å². The Balaban J connectivity index is 1.48. The maximum absolute atomic E-state index is 12.8. The minimum Gasteiger partial charge on any atom is -0.294 e. The van der Waals surface area contributed by atoms with Crippen molar-refractivity contribution >= 4 is 23.7 Å². The Bertz CT molecular complexity index is 771. The van der Waals surface area contributed by atoms with Crippen molar-refractivity contribution in [1.82, 2.24) is 0 Å². The summed E-state index contributed by atoms with van der Waals surface area (Å²) in [7, 11) is 0. The van der Waals surface area contributed by atoms with E-state index in [1.54, 1.807) is 0 Å². The quantitative estimate of drug-likeness (QED) is 0.204. The van der Waals surface area contributed by atoms with E-state index in [2.05, 4.69) is 50.3 Å². The first kappa shape index (κ1) is 26.6. The molecule has 0 bridgehead atoms. The Morgan fingerprint density at radius 3 is 1.38 bits per heavy atom. The van der Waals surface area contributed by atoms with Gasteiger partial charge in [0.1, 0.15) is 0 Å². The molecule has 186 valence electrons. The van der Waals surface area contributed by atoms with Gasteiger partial charge in [0.05, 0.1) is 0 Å². The lowest BCUT2D eigenvalue weighted by Gasteiger charge is -2.07. The van der Waals surface area contributed by atoms with Crippen molar-refractivity contribution in [3.8, 4) is 0 Å². The molecule has 1 aromatic carbocycles. The van der Waals surface area contributed by atoms with Crippen molar-refractivity contribution in [2.45, 2.75) is 117 Å². The van der Waals surface area contributed by atoms with Crippen LogP contribution in [0.1, 0.15) is 128 Å². The zero-order valence-corrected chi connectivity index (χ0v) is 21.7. The Labute approximate surface area is 208 Å². The number of carbonyl (C=O) groups excluding carboxylic acids is 2. The van der Waals surface area contributed by atoms with Crippen LogP contribution in [-0.2, 0) is 9.59 Å². The minimum atomic E-state index is 0.241. The summed E-state index contributed by atoms with van der Waals surface area (Å²) in [5.74, 6) is 1.23. The maximum Gasteiger partial charge on any atom is 0.161 e. The minimum absolute atomic E-state index is 0.241. The molecule has 0 N–H and O–H groups in total. The zero-order valence-electron chi connectivity index (χ0n) is 21.7. The lowest BCUT2D eigenvalue weighted by atomic mass is 9.97. The van der Waals surface area contributed by atoms with Crippen LogP contribution in [0.2, 0.25) is 0 Å². The summed E-state index contributed by atoms with van der Waals surface area (Å²) >= 11 is 0. The van der Waals surface area contributed by atoms with Crippen LogP contribution in [0.15, 0.2) is 35.4 Å². The zero-order chi connectivity index (χ0) is 24.2. The van der Waals surface area contributed by atoms with Gasteiger partial charge in [-0.15, -0.1) is 0 Å². The van der Waals surface area contributed by atoms with Crippen LogP contribution in [0.4, 0.5) is 0 Å². The molecule has 2 saturated carbocycles. The Morgan fingerprint density at radius 2 is 1.00 bits per heavy atom. The third-order valence-electron chi connectivity index (χ3n) is 7.83. The Hall–Kier alpha value is -1.96. The van der Waals surface area contributed by atoms with E-state index in [9.17, 15) is 9.59 Å². The van der Waals surface area contributed by atoms with E-state index in [4.69, 9.17) is 0 Å². The average Bonchev–Trinajstić information content (AvgIpc) is 3.37. The lowest BCUT2D eigenvalue weighted by Crippen LogP contribution is -2.07. The van der Waals surface area contributed by atoms with Crippen LogP contribution in [0.5, 0.6) is 0 Å². The first-order valence-corrected chi connectivity index (χ1v) is 14.2. The summed E-state index contributed by atoms with van der Waals surface area (Å²) in [5.41, 5.74) is 4.18. The van der Waals surface area contributed by atoms with Crippen LogP contribution in [-0.4, -0.2) is 11.6 Å². The molecule has 1 aromatic rings. The number of unbranched alkanes of at least 4 members (excludes halogenated alkanes) is 8. The van der Waals surface area contributed by atoms with Crippen LogP contribution in [0.3, 0.4) is 0 Å². The number of Topliss-reactive ketones (excluding diaryl/α,β-unsaturated/α-hetero) is 2. The van der Waals surface area contributed by atoms with Gasteiger partial charge in [-0.25, -0.2) is 0 Å². The van der Waals surface area contributed by atoms with Crippen LogP contribution >= 0.6 is 0 Å². The lowest BCUT2D eigenvalue weighted by molar-refractivity contribution is -0.118. The van der Waals surface area contributed by atoms with Crippen LogP contribution in [0, 0.1) is 11.8 Å². The van der Waals surface area contributed by atoms with E-state index in [-0.39, 0.29) is 11.8 Å². The van der Waals surface area contributed by atoms with Gasteiger partial charge < -0.3 is 0 Å².